The first-order valence-corrected chi connectivity index (χ1v) is 3.85. The summed E-state index contributed by atoms with van der Waals surface area (Å²) < 4.78 is 5.12. The highest BCUT2D eigenvalue weighted by Gasteiger charge is 2.03. The van der Waals surface area contributed by atoms with Gasteiger partial charge in [0, 0.05) is 0 Å². The normalized spacial score (nSPS) is 10.5. The minimum Gasteiger partial charge on any atom is -0.476 e. The second-order valence-corrected chi connectivity index (χ2v) is 2.57. The Morgan fingerprint density at radius 3 is 3.00 bits per heavy atom. The number of nitrogens with two attached hydrogens (primary N) is 1. The van der Waals surface area contributed by atoms with Crippen LogP contribution in [-0.2, 0) is 0 Å². The Morgan fingerprint density at radius 1 is 1.38 bits per heavy atom. The molecule has 1 aromatic heterocycles. The summed E-state index contributed by atoms with van der Waals surface area (Å²) in [6, 6.07) is 5.33. The van der Waals surface area contributed by atoms with Crippen LogP contribution in [0.4, 0.5) is 0 Å². The van der Waals surface area contributed by atoms with Gasteiger partial charge in [-0.2, -0.15) is 0 Å². The maximum absolute atomic E-state index is 10.9. The van der Waals surface area contributed by atoms with E-state index in [1.165, 1.54) is 0 Å². The third-order valence-electron chi connectivity index (χ3n) is 1.75. The van der Waals surface area contributed by atoms with Crippen molar-refractivity contribution in [2.24, 2.45) is 5.73 Å². The molecule has 0 spiro atoms. The summed E-state index contributed by atoms with van der Waals surface area (Å²) in [4.78, 5) is 16.2. The van der Waals surface area contributed by atoms with Gasteiger partial charge in [0.1, 0.15) is 18.0 Å². The molecule has 0 saturated carbocycles. The number of imidazole rings is 1. The number of fused-ring (bicyclic) bond motifs is 1. The molecule has 1 heterocycles. The number of H-pyrrole nitrogens is 2. The molecule has 5 heteroatoms. The van der Waals surface area contributed by atoms with Crippen molar-refractivity contribution in [2.45, 2.75) is 0 Å². The molecule has 68 valence electrons. The molecule has 4 N–H and O–H groups in total. The molecule has 0 radical (unpaired) electrons. The molecule has 5 nitrogen and oxygen atoms in total. The zero-order valence-corrected chi connectivity index (χ0v) is 6.83. The lowest BCUT2D eigenvalue weighted by atomic mass is 10.3. The summed E-state index contributed by atoms with van der Waals surface area (Å²) in [6.07, 6.45) is 0. The molecular weight excluding hydrogens is 170 g/mol. The predicted molar refractivity (Wildman–Crippen MR) is 48.6 cm³/mol. The Hall–Kier alpha value is -1.75. The van der Waals surface area contributed by atoms with Crippen LogP contribution in [0.25, 0.3) is 11.0 Å². The van der Waals surface area contributed by atoms with E-state index >= 15 is 0 Å². The molecule has 0 atom stereocenters. The van der Waals surface area contributed by atoms with Gasteiger partial charge in [-0.25, -0.2) is 4.79 Å². The van der Waals surface area contributed by atoms with Crippen LogP contribution in [0.5, 0.6) is 5.75 Å². The summed E-state index contributed by atoms with van der Waals surface area (Å²) in [5.41, 5.74) is 6.36. The van der Waals surface area contributed by atoms with Crippen molar-refractivity contribution in [1.29, 1.82) is 0 Å². The van der Waals surface area contributed by atoms with Crippen LogP contribution in [0.15, 0.2) is 23.0 Å². The van der Waals surface area contributed by atoms with Crippen LogP contribution in [0.2, 0.25) is 0 Å². The second-order valence-electron chi connectivity index (χ2n) is 2.57. The quantitative estimate of drug-likeness (QED) is 0.574. The van der Waals surface area contributed by atoms with E-state index in [-0.39, 0.29) is 12.4 Å². The Kier molecular flexibility index (Phi) is 1.79. The first-order chi connectivity index (χ1) is 6.31. The fourth-order valence-electron chi connectivity index (χ4n) is 1.24. The van der Waals surface area contributed by atoms with Crippen molar-refractivity contribution < 1.29 is 4.74 Å². The maximum Gasteiger partial charge on any atom is 0.323 e. The van der Waals surface area contributed by atoms with Crippen molar-refractivity contribution in [2.75, 3.05) is 6.73 Å². The topological polar surface area (TPSA) is 83.9 Å². The Bertz CT molecular complexity index is 471. The smallest absolute Gasteiger partial charge is 0.323 e. The van der Waals surface area contributed by atoms with Crippen LogP contribution in [0.1, 0.15) is 0 Å². The van der Waals surface area contributed by atoms with E-state index in [2.05, 4.69) is 9.97 Å². The van der Waals surface area contributed by atoms with Crippen molar-refractivity contribution in [3.05, 3.63) is 28.7 Å². The molecule has 0 aliphatic rings. The fraction of sp³-hybridized carbons (Fsp3) is 0.125. The average Bonchev–Trinajstić information content (AvgIpc) is 2.47. The van der Waals surface area contributed by atoms with Crippen molar-refractivity contribution in [3.63, 3.8) is 0 Å². The van der Waals surface area contributed by atoms with Crippen molar-refractivity contribution in [1.82, 2.24) is 9.97 Å². The number of hydrogen-bond donors (Lipinski definition) is 3. The van der Waals surface area contributed by atoms with E-state index in [1.54, 1.807) is 18.2 Å². The largest absolute Gasteiger partial charge is 0.476 e. The van der Waals surface area contributed by atoms with Gasteiger partial charge < -0.3 is 14.7 Å². The van der Waals surface area contributed by atoms with Gasteiger partial charge in [0.25, 0.3) is 0 Å². The van der Waals surface area contributed by atoms with Gasteiger partial charge >= 0.3 is 5.69 Å². The standard InChI is InChI=1S/C8H9N3O2/c9-4-13-6-3-1-2-5-7(6)11-8(12)10-5/h1-3H,4,9H2,(H2,10,11,12). The number of benzene rings is 1. The second kappa shape index (κ2) is 2.95. The number of hydrogen-bond acceptors (Lipinski definition) is 3. The number of nitrogens with one attached hydrogen (secondary N) is 2. The SMILES string of the molecule is NCOc1cccc2[nH]c(=O)[nH]c12. The van der Waals surface area contributed by atoms with Crippen LogP contribution in [0, 0.1) is 0 Å². The van der Waals surface area contributed by atoms with Gasteiger partial charge in [0.15, 0.2) is 0 Å². The van der Waals surface area contributed by atoms with Gasteiger partial charge in [0.05, 0.1) is 5.52 Å². The van der Waals surface area contributed by atoms with E-state index in [0.29, 0.717) is 11.3 Å². The lowest BCUT2D eigenvalue weighted by Gasteiger charge is -2.02. The molecule has 13 heavy (non-hydrogen) atoms. The molecular formula is C8H9N3O2. The average molecular weight is 179 g/mol. The molecule has 0 aliphatic heterocycles. The van der Waals surface area contributed by atoms with Gasteiger partial charge in [-0.1, -0.05) is 6.07 Å². The highest BCUT2D eigenvalue weighted by molar-refractivity contribution is 5.80. The lowest BCUT2D eigenvalue weighted by Crippen LogP contribution is -2.07. The maximum atomic E-state index is 10.9. The summed E-state index contributed by atoms with van der Waals surface area (Å²) in [5, 5.41) is 0. The molecule has 2 rings (SSSR count). The van der Waals surface area contributed by atoms with Gasteiger partial charge in [-0.3, -0.25) is 5.73 Å². The minimum absolute atomic E-state index is 0.0896. The molecule has 0 unspecified atom stereocenters. The summed E-state index contributed by atoms with van der Waals surface area (Å²) >= 11 is 0. The Balaban J connectivity index is 2.67. The first-order valence-electron chi connectivity index (χ1n) is 3.85. The number of ether oxygens (including phenoxy) is 1. The molecule has 0 saturated heterocycles. The van der Waals surface area contributed by atoms with Crippen molar-refractivity contribution >= 4 is 11.0 Å². The Morgan fingerprint density at radius 2 is 2.23 bits per heavy atom. The van der Waals surface area contributed by atoms with Crippen LogP contribution >= 0.6 is 0 Å². The highest BCUT2D eigenvalue weighted by atomic mass is 16.5. The van der Waals surface area contributed by atoms with Crippen LogP contribution in [0.3, 0.4) is 0 Å². The van der Waals surface area contributed by atoms with Crippen LogP contribution < -0.4 is 16.2 Å². The number of rotatable bonds is 2. The van der Waals surface area contributed by atoms with Gasteiger partial charge in [0.2, 0.25) is 0 Å². The zero-order valence-electron chi connectivity index (χ0n) is 6.83. The minimum atomic E-state index is -0.247. The summed E-state index contributed by atoms with van der Waals surface area (Å²) in [5.74, 6) is 0.582. The summed E-state index contributed by atoms with van der Waals surface area (Å²) in [6.45, 7) is 0.0896. The fourth-order valence-corrected chi connectivity index (χ4v) is 1.24. The lowest BCUT2D eigenvalue weighted by molar-refractivity contribution is 0.333. The summed E-state index contributed by atoms with van der Waals surface area (Å²) in [7, 11) is 0. The Labute approximate surface area is 73.5 Å². The van der Waals surface area contributed by atoms with Crippen LogP contribution in [-0.4, -0.2) is 16.7 Å². The number of aromatic nitrogens is 2. The zero-order chi connectivity index (χ0) is 9.26. The van der Waals surface area contributed by atoms with Crippen molar-refractivity contribution in [3.8, 4) is 5.75 Å². The molecule has 0 bridgehead atoms. The van der Waals surface area contributed by atoms with E-state index in [0.717, 1.165) is 5.52 Å². The molecule has 0 amide bonds. The van der Waals surface area contributed by atoms with Gasteiger partial charge in [-0.05, 0) is 12.1 Å². The molecule has 0 aliphatic carbocycles. The molecule has 2 aromatic rings. The van der Waals surface area contributed by atoms with E-state index < -0.39 is 0 Å². The number of para-hydroxylation sites is 1. The predicted octanol–water partition coefficient (Wildman–Crippen LogP) is 0.151. The monoisotopic (exact) mass is 179 g/mol. The van der Waals surface area contributed by atoms with E-state index in [4.69, 9.17) is 10.5 Å². The van der Waals surface area contributed by atoms with Gasteiger partial charge in [-0.15, -0.1) is 0 Å². The third kappa shape index (κ3) is 1.29. The highest BCUT2D eigenvalue weighted by Crippen LogP contribution is 2.20. The van der Waals surface area contributed by atoms with E-state index in [9.17, 15) is 4.79 Å². The third-order valence-corrected chi connectivity index (χ3v) is 1.75. The molecule has 1 aromatic carbocycles. The van der Waals surface area contributed by atoms with E-state index in [1.807, 2.05) is 0 Å². The number of aromatic amines is 2. The first kappa shape index (κ1) is 7.88. The molecule has 0 fully saturated rings.